The van der Waals surface area contributed by atoms with Crippen molar-refractivity contribution in [2.45, 2.75) is 103 Å². The molecule has 1 atom stereocenters. The third-order valence-corrected chi connectivity index (χ3v) is 7.61. The fraction of sp³-hybridized carbons (Fsp3) is 0.679. The molecule has 0 aliphatic heterocycles. The SMILES string of the molecule is CCCCCCC(=O)OCCCCCO.OC(CCC1CCCC1)c1cc2ccccc2s1. The van der Waals surface area contributed by atoms with Crippen molar-refractivity contribution >= 4 is 27.4 Å². The third kappa shape index (κ3) is 11.5. The molecular formula is C28H44O4S. The summed E-state index contributed by atoms with van der Waals surface area (Å²) in [4.78, 5) is 12.3. The Bertz CT molecular complexity index is 733. The fourth-order valence-corrected chi connectivity index (χ4v) is 5.43. The number of aliphatic hydroxyl groups excluding tert-OH is 2. The van der Waals surface area contributed by atoms with Crippen LogP contribution in [0.4, 0.5) is 0 Å². The molecule has 0 bridgehead atoms. The summed E-state index contributed by atoms with van der Waals surface area (Å²) in [5.74, 6) is 0.795. The molecule has 1 aliphatic carbocycles. The Morgan fingerprint density at radius 2 is 1.85 bits per heavy atom. The third-order valence-electron chi connectivity index (χ3n) is 6.40. The smallest absolute Gasteiger partial charge is 0.305 e. The molecular weight excluding hydrogens is 432 g/mol. The minimum Gasteiger partial charge on any atom is -0.466 e. The van der Waals surface area contributed by atoms with Gasteiger partial charge in [-0.1, -0.05) is 70.1 Å². The highest BCUT2D eigenvalue weighted by Crippen LogP contribution is 2.35. The van der Waals surface area contributed by atoms with Crippen LogP contribution in [-0.2, 0) is 9.53 Å². The van der Waals surface area contributed by atoms with E-state index >= 15 is 0 Å². The van der Waals surface area contributed by atoms with Crippen LogP contribution in [0.25, 0.3) is 10.1 Å². The van der Waals surface area contributed by atoms with Crippen molar-refractivity contribution < 1.29 is 19.7 Å². The monoisotopic (exact) mass is 476 g/mol. The largest absolute Gasteiger partial charge is 0.466 e. The molecule has 0 amide bonds. The van der Waals surface area contributed by atoms with Crippen LogP contribution in [-0.4, -0.2) is 29.4 Å². The van der Waals surface area contributed by atoms with E-state index in [1.165, 1.54) is 55.0 Å². The maximum Gasteiger partial charge on any atom is 0.305 e. The Hall–Kier alpha value is -1.43. The zero-order valence-electron chi connectivity index (χ0n) is 20.5. The molecule has 33 heavy (non-hydrogen) atoms. The summed E-state index contributed by atoms with van der Waals surface area (Å²) in [5.41, 5.74) is 0. The van der Waals surface area contributed by atoms with Crippen LogP contribution in [0.15, 0.2) is 30.3 Å². The van der Waals surface area contributed by atoms with Crippen molar-refractivity contribution in [1.82, 2.24) is 0 Å². The van der Waals surface area contributed by atoms with Crippen LogP contribution in [0.3, 0.4) is 0 Å². The molecule has 0 saturated heterocycles. The van der Waals surface area contributed by atoms with Gasteiger partial charge in [-0.25, -0.2) is 0 Å². The van der Waals surface area contributed by atoms with Crippen LogP contribution in [0.5, 0.6) is 0 Å². The lowest BCUT2D eigenvalue weighted by Gasteiger charge is -2.12. The molecule has 186 valence electrons. The fourth-order valence-electron chi connectivity index (χ4n) is 4.35. The molecule has 2 aromatic rings. The first-order valence-corrected chi connectivity index (χ1v) is 13.9. The van der Waals surface area contributed by atoms with Crippen molar-refractivity contribution in [3.63, 3.8) is 0 Å². The standard InChI is InChI=1S/C16H20OS.C12H24O3/c17-14(10-9-12-5-1-2-6-12)16-11-13-7-3-4-8-15(13)18-16;1-2-3-4-6-9-12(14)15-11-8-5-7-10-13/h3-4,7-8,11-12,14,17H,1-2,5-6,9-10H2;13H,2-11H2,1H3. The molecule has 3 rings (SSSR count). The number of ether oxygens (including phenoxy) is 1. The van der Waals surface area contributed by atoms with Crippen molar-refractivity contribution in [2.75, 3.05) is 13.2 Å². The first kappa shape index (κ1) is 27.8. The zero-order valence-corrected chi connectivity index (χ0v) is 21.3. The van der Waals surface area contributed by atoms with Gasteiger partial charge in [0.2, 0.25) is 0 Å². The van der Waals surface area contributed by atoms with Crippen LogP contribution < -0.4 is 0 Å². The number of carbonyl (C=O) groups is 1. The molecule has 1 unspecified atom stereocenters. The Balaban J connectivity index is 0.000000239. The van der Waals surface area contributed by atoms with Crippen LogP contribution in [0.2, 0.25) is 0 Å². The van der Waals surface area contributed by atoms with Gasteiger partial charge in [0.25, 0.3) is 0 Å². The first-order chi connectivity index (χ1) is 16.1. The molecule has 1 aromatic carbocycles. The van der Waals surface area contributed by atoms with E-state index in [4.69, 9.17) is 9.84 Å². The van der Waals surface area contributed by atoms with Gasteiger partial charge in [0.1, 0.15) is 0 Å². The van der Waals surface area contributed by atoms with E-state index in [1.807, 2.05) is 0 Å². The van der Waals surface area contributed by atoms with Crippen LogP contribution in [0, 0.1) is 5.92 Å². The molecule has 1 heterocycles. The van der Waals surface area contributed by atoms with E-state index in [1.54, 1.807) is 11.3 Å². The topological polar surface area (TPSA) is 66.8 Å². The van der Waals surface area contributed by atoms with Gasteiger partial charge < -0.3 is 14.9 Å². The molecule has 0 spiro atoms. The molecule has 5 heteroatoms. The second-order valence-corrected chi connectivity index (χ2v) is 10.4. The summed E-state index contributed by atoms with van der Waals surface area (Å²) in [6.45, 7) is 2.89. The summed E-state index contributed by atoms with van der Waals surface area (Å²) in [6, 6.07) is 10.5. The summed E-state index contributed by atoms with van der Waals surface area (Å²) in [5, 5.41) is 20.1. The predicted molar refractivity (Wildman–Crippen MR) is 139 cm³/mol. The quantitative estimate of drug-likeness (QED) is 0.218. The molecule has 0 radical (unpaired) electrons. The molecule has 1 saturated carbocycles. The Kier molecular flexibility index (Phi) is 14.4. The van der Waals surface area contributed by atoms with Gasteiger partial charge in [-0.3, -0.25) is 4.79 Å². The van der Waals surface area contributed by atoms with Gasteiger partial charge in [0, 0.05) is 22.6 Å². The number of hydrogen-bond acceptors (Lipinski definition) is 5. The Labute approximate surface area is 204 Å². The average Bonchev–Trinajstić information content (AvgIpc) is 3.50. The van der Waals surface area contributed by atoms with E-state index in [2.05, 4.69) is 37.3 Å². The predicted octanol–water partition coefficient (Wildman–Crippen LogP) is 7.57. The number of hydrogen-bond donors (Lipinski definition) is 2. The van der Waals surface area contributed by atoms with E-state index in [0.29, 0.717) is 13.0 Å². The van der Waals surface area contributed by atoms with Crippen molar-refractivity contribution in [3.8, 4) is 0 Å². The van der Waals surface area contributed by atoms with Gasteiger partial charge in [-0.05, 0) is 62.0 Å². The number of thiophene rings is 1. The van der Waals surface area contributed by atoms with Gasteiger partial charge in [0.05, 0.1) is 12.7 Å². The maximum atomic E-state index is 11.2. The summed E-state index contributed by atoms with van der Waals surface area (Å²) >= 11 is 1.74. The minimum absolute atomic E-state index is 0.0740. The average molecular weight is 477 g/mol. The van der Waals surface area contributed by atoms with Gasteiger partial charge >= 0.3 is 5.97 Å². The number of unbranched alkanes of at least 4 members (excludes halogenated alkanes) is 5. The number of aliphatic hydroxyl groups is 2. The number of fused-ring (bicyclic) bond motifs is 1. The zero-order chi connectivity index (χ0) is 23.7. The van der Waals surface area contributed by atoms with Crippen LogP contribution in [0.1, 0.15) is 108 Å². The first-order valence-electron chi connectivity index (χ1n) is 13.1. The molecule has 1 aromatic heterocycles. The number of carbonyl (C=O) groups excluding carboxylic acids is 1. The summed E-state index contributed by atoms with van der Waals surface area (Å²) in [6.07, 6.45) is 15.0. The molecule has 1 aliphatic rings. The number of esters is 1. The van der Waals surface area contributed by atoms with Crippen molar-refractivity contribution in [1.29, 1.82) is 0 Å². The molecule has 2 N–H and O–H groups in total. The van der Waals surface area contributed by atoms with E-state index in [-0.39, 0.29) is 18.7 Å². The lowest BCUT2D eigenvalue weighted by Crippen LogP contribution is -2.05. The number of rotatable bonds is 14. The van der Waals surface area contributed by atoms with E-state index in [0.717, 1.165) is 49.3 Å². The Morgan fingerprint density at radius 3 is 2.58 bits per heavy atom. The lowest BCUT2D eigenvalue weighted by molar-refractivity contribution is -0.143. The van der Waals surface area contributed by atoms with Gasteiger partial charge in [0.15, 0.2) is 0 Å². The molecule has 1 fully saturated rings. The van der Waals surface area contributed by atoms with E-state index < -0.39 is 0 Å². The van der Waals surface area contributed by atoms with Gasteiger partial charge in [-0.2, -0.15) is 0 Å². The maximum absolute atomic E-state index is 11.2. The van der Waals surface area contributed by atoms with Crippen molar-refractivity contribution in [3.05, 3.63) is 35.2 Å². The summed E-state index contributed by atoms with van der Waals surface area (Å²) < 4.78 is 6.33. The highest BCUT2D eigenvalue weighted by molar-refractivity contribution is 7.19. The summed E-state index contributed by atoms with van der Waals surface area (Å²) in [7, 11) is 0. The Morgan fingerprint density at radius 1 is 1.09 bits per heavy atom. The molecule has 4 nitrogen and oxygen atoms in total. The van der Waals surface area contributed by atoms with Gasteiger partial charge in [-0.15, -0.1) is 11.3 Å². The number of benzene rings is 1. The lowest BCUT2D eigenvalue weighted by atomic mass is 9.99. The highest BCUT2D eigenvalue weighted by atomic mass is 32.1. The second kappa shape index (κ2) is 17.1. The van der Waals surface area contributed by atoms with E-state index in [9.17, 15) is 9.90 Å². The minimum atomic E-state index is -0.261. The van der Waals surface area contributed by atoms with Crippen LogP contribution >= 0.6 is 11.3 Å². The second-order valence-electron chi connectivity index (χ2n) is 9.25. The van der Waals surface area contributed by atoms with Crippen molar-refractivity contribution in [2.24, 2.45) is 5.92 Å². The normalized spacial score (nSPS) is 14.8. The highest BCUT2D eigenvalue weighted by Gasteiger charge is 2.18.